The highest BCUT2D eigenvalue weighted by Crippen LogP contribution is 2.28. The molecule has 1 amide bonds. The minimum Gasteiger partial charge on any atom is -0.496 e. The molecule has 4 rings (SSSR count). The predicted octanol–water partition coefficient (Wildman–Crippen LogP) is 2.87. The molecule has 7 nitrogen and oxygen atoms in total. The van der Waals surface area contributed by atoms with Gasteiger partial charge in [0.2, 0.25) is 16.2 Å². The number of rotatable bonds is 6. The van der Waals surface area contributed by atoms with Crippen molar-refractivity contribution in [2.45, 2.75) is 19.4 Å². The van der Waals surface area contributed by atoms with Gasteiger partial charge in [-0.05, 0) is 31.0 Å². The van der Waals surface area contributed by atoms with Crippen molar-refractivity contribution in [1.29, 1.82) is 0 Å². The van der Waals surface area contributed by atoms with Crippen molar-refractivity contribution in [3.63, 3.8) is 0 Å². The van der Waals surface area contributed by atoms with Gasteiger partial charge in [0.05, 0.1) is 13.0 Å². The fraction of sp³-hybridized carbons (Fsp3) is 0.350. The van der Waals surface area contributed by atoms with Crippen LogP contribution in [-0.4, -0.2) is 40.9 Å². The van der Waals surface area contributed by atoms with Gasteiger partial charge in [-0.2, -0.15) is 0 Å². The van der Waals surface area contributed by atoms with Gasteiger partial charge in [-0.1, -0.05) is 29.5 Å². The number of nitrogens with zero attached hydrogens (tertiary/aromatic N) is 4. The maximum atomic E-state index is 12.7. The largest absolute Gasteiger partial charge is 0.496 e. The smallest absolute Gasteiger partial charge is 0.225 e. The number of methoxy groups -OCH3 is 1. The molecule has 0 bridgehead atoms. The van der Waals surface area contributed by atoms with Crippen LogP contribution in [0.25, 0.3) is 5.13 Å². The topological polar surface area (TPSA) is 72.3 Å². The molecule has 1 N–H and O–H groups in total. The van der Waals surface area contributed by atoms with E-state index >= 15 is 0 Å². The number of hydrogen-bond acceptors (Lipinski definition) is 6. The van der Waals surface area contributed by atoms with E-state index in [2.05, 4.69) is 20.4 Å². The Balaban J connectivity index is 1.37. The molecule has 0 saturated carbocycles. The van der Waals surface area contributed by atoms with E-state index in [0.29, 0.717) is 13.1 Å². The zero-order valence-electron chi connectivity index (χ0n) is 15.7. The van der Waals surface area contributed by atoms with Gasteiger partial charge in [0.15, 0.2) is 0 Å². The molecule has 3 aromatic rings. The lowest BCUT2D eigenvalue weighted by molar-refractivity contribution is -0.125. The van der Waals surface area contributed by atoms with Crippen LogP contribution in [0.4, 0.5) is 5.13 Å². The molecule has 28 heavy (non-hydrogen) atoms. The molecule has 2 aromatic heterocycles. The lowest BCUT2D eigenvalue weighted by Crippen LogP contribution is -2.43. The standard InChI is InChI=1S/C20H23N5O2S/c1-27-17-9-3-2-7-15(17)13-21-18(26)16-8-6-12-25(14-16)20-23-22-19(28-20)24-10-4-5-11-24/h2-5,7,9-11,16H,6,8,12-14H2,1H3,(H,21,26)/t16-/m1/s1. The Bertz CT molecular complexity index is 924. The number of carbonyl (C=O) groups is 1. The van der Waals surface area contributed by atoms with E-state index in [1.165, 1.54) is 0 Å². The van der Waals surface area contributed by atoms with Gasteiger partial charge in [0.25, 0.3) is 0 Å². The summed E-state index contributed by atoms with van der Waals surface area (Å²) in [6, 6.07) is 11.7. The third kappa shape index (κ3) is 4.01. The summed E-state index contributed by atoms with van der Waals surface area (Å²) < 4.78 is 7.30. The van der Waals surface area contributed by atoms with Gasteiger partial charge >= 0.3 is 0 Å². The Labute approximate surface area is 168 Å². The summed E-state index contributed by atoms with van der Waals surface area (Å²) in [5.41, 5.74) is 0.978. The maximum absolute atomic E-state index is 12.7. The predicted molar refractivity (Wildman–Crippen MR) is 109 cm³/mol. The van der Waals surface area contributed by atoms with Crippen LogP contribution in [0.3, 0.4) is 0 Å². The van der Waals surface area contributed by atoms with E-state index in [1.54, 1.807) is 18.4 Å². The normalized spacial score (nSPS) is 16.8. The molecule has 1 aliphatic rings. The molecule has 1 atom stereocenters. The molecule has 1 fully saturated rings. The number of carbonyl (C=O) groups excluding carboxylic acids is 1. The Kier molecular flexibility index (Phi) is 5.57. The first-order chi connectivity index (χ1) is 13.7. The number of amides is 1. The van der Waals surface area contributed by atoms with Crippen LogP contribution in [0.15, 0.2) is 48.8 Å². The van der Waals surface area contributed by atoms with Crippen LogP contribution in [0.2, 0.25) is 0 Å². The molecule has 8 heteroatoms. The number of anilines is 1. The van der Waals surface area contributed by atoms with Crippen LogP contribution < -0.4 is 15.0 Å². The fourth-order valence-corrected chi connectivity index (χ4v) is 4.29. The average molecular weight is 398 g/mol. The van der Waals surface area contributed by atoms with Crippen LogP contribution in [-0.2, 0) is 11.3 Å². The Morgan fingerprint density at radius 1 is 1.21 bits per heavy atom. The molecule has 0 spiro atoms. The van der Waals surface area contributed by atoms with Crippen LogP contribution in [0.5, 0.6) is 5.75 Å². The SMILES string of the molecule is COc1ccccc1CNC(=O)[C@@H]1CCCN(c2nnc(-n3cccc3)s2)C1. The van der Waals surface area contributed by atoms with Gasteiger partial charge in [0.1, 0.15) is 5.75 Å². The maximum Gasteiger partial charge on any atom is 0.225 e. The Hall–Kier alpha value is -2.87. The number of ether oxygens (including phenoxy) is 1. The van der Waals surface area contributed by atoms with Crippen LogP contribution >= 0.6 is 11.3 Å². The van der Waals surface area contributed by atoms with Gasteiger partial charge in [-0.3, -0.25) is 9.36 Å². The number of aromatic nitrogens is 3. The van der Waals surface area contributed by atoms with E-state index in [9.17, 15) is 4.79 Å². The van der Waals surface area contributed by atoms with Crippen molar-refractivity contribution in [2.75, 3.05) is 25.1 Å². The average Bonchev–Trinajstić information content (AvgIpc) is 3.44. The number of para-hydroxylation sites is 1. The number of hydrogen-bond donors (Lipinski definition) is 1. The molecular weight excluding hydrogens is 374 g/mol. The number of benzene rings is 1. The summed E-state index contributed by atoms with van der Waals surface area (Å²) in [6.07, 6.45) is 5.76. The van der Waals surface area contributed by atoms with Crippen molar-refractivity contribution < 1.29 is 9.53 Å². The summed E-state index contributed by atoms with van der Waals surface area (Å²) in [7, 11) is 1.64. The summed E-state index contributed by atoms with van der Waals surface area (Å²) in [4.78, 5) is 14.9. The van der Waals surface area contributed by atoms with Gasteiger partial charge in [-0.25, -0.2) is 0 Å². The molecule has 1 aromatic carbocycles. The number of piperidine rings is 1. The second-order valence-corrected chi connectivity index (χ2v) is 7.71. The lowest BCUT2D eigenvalue weighted by atomic mass is 9.97. The van der Waals surface area contributed by atoms with Gasteiger partial charge < -0.3 is 15.0 Å². The van der Waals surface area contributed by atoms with E-state index < -0.39 is 0 Å². The zero-order chi connectivity index (χ0) is 19.3. The third-order valence-corrected chi connectivity index (χ3v) is 5.93. The highest BCUT2D eigenvalue weighted by Gasteiger charge is 2.27. The van der Waals surface area contributed by atoms with Gasteiger partial charge in [0, 0.05) is 37.6 Å². The minimum atomic E-state index is -0.0533. The third-order valence-electron chi connectivity index (χ3n) is 4.94. The first kappa shape index (κ1) is 18.5. The molecule has 3 heterocycles. The van der Waals surface area contributed by atoms with Crippen LogP contribution in [0.1, 0.15) is 18.4 Å². The van der Waals surface area contributed by atoms with Crippen molar-refractivity contribution in [3.05, 3.63) is 54.4 Å². The van der Waals surface area contributed by atoms with Gasteiger partial charge in [-0.15, -0.1) is 10.2 Å². The molecule has 146 valence electrons. The van der Waals surface area contributed by atoms with E-state index in [4.69, 9.17) is 4.74 Å². The van der Waals surface area contributed by atoms with Crippen LogP contribution in [0, 0.1) is 5.92 Å². The van der Waals surface area contributed by atoms with Crippen molar-refractivity contribution in [3.8, 4) is 10.9 Å². The monoisotopic (exact) mass is 397 g/mol. The quantitative estimate of drug-likeness (QED) is 0.692. The lowest BCUT2D eigenvalue weighted by Gasteiger charge is -2.31. The first-order valence-corrected chi connectivity index (χ1v) is 10.2. The molecule has 0 aliphatic carbocycles. The summed E-state index contributed by atoms with van der Waals surface area (Å²) in [6.45, 7) is 2.03. The first-order valence-electron chi connectivity index (χ1n) is 9.36. The second-order valence-electron chi connectivity index (χ2n) is 6.77. The van der Waals surface area contributed by atoms with Crippen molar-refractivity contribution in [2.24, 2.45) is 5.92 Å². The van der Waals surface area contributed by atoms with E-state index in [-0.39, 0.29) is 11.8 Å². The summed E-state index contributed by atoms with van der Waals surface area (Å²) in [5.74, 6) is 0.813. The highest BCUT2D eigenvalue weighted by atomic mass is 32.1. The number of nitrogens with one attached hydrogen (secondary N) is 1. The highest BCUT2D eigenvalue weighted by molar-refractivity contribution is 7.17. The Morgan fingerprint density at radius 3 is 2.82 bits per heavy atom. The Morgan fingerprint density at radius 2 is 2.00 bits per heavy atom. The summed E-state index contributed by atoms with van der Waals surface area (Å²) >= 11 is 1.54. The minimum absolute atomic E-state index is 0.0533. The fourth-order valence-electron chi connectivity index (χ4n) is 3.44. The molecular formula is C20H23N5O2S. The van der Waals surface area contributed by atoms with E-state index in [1.807, 2.05) is 53.4 Å². The molecule has 1 saturated heterocycles. The molecule has 0 unspecified atom stereocenters. The van der Waals surface area contributed by atoms with Crippen molar-refractivity contribution >= 4 is 22.4 Å². The summed E-state index contributed by atoms with van der Waals surface area (Å²) in [5, 5.41) is 13.4. The second kappa shape index (κ2) is 8.43. The van der Waals surface area contributed by atoms with E-state index in [0.717, 1.165) is 41.0 Å². The molecule has 1 aliphatic heterocycles. The van der Waals surface area contributed by atoms with Crippen molar-refractivity contribution in [1.82, 2.24) is 20.1 Å². The molecule has 0 radical (unpaired) electrons. The zero-order valence-corrected chi connectivity index (χ0v) is 16.6.